The molecule has 1 aromatic carbocycles. The van der Waals surface area contributed by atoms with Crippen molar-refractivity contribution in [2.75, 3.05) is 119 Å². The lowest BCUT2D eigenvalue weighted by molar-refractivity contribution is -0.150. The average molecular weight is 681 g/mol. The van der Waals surface area contributed by atoms with Gasteiger partial charge < -0.3 is 42.6 Å². The summed E-state index contributed by atoms with van der Waals surface area (Å²) in [6.07, 6.45) is 3.81. The van der Waals surface area contributed by atoms with E-state index in [1.54, 1.807) is 18.2 Å². The third kappa shape index (κ3) is 24.5. The molecular formula is C32H56O13S. The van der Waals surface area contributed by atoms with Crippen LogP contribution in [0.15, 0.2) is 35.2 Å². The smallest absolute Gasteiger partial charge is 0.308 e. The van der Waals surface area contributed by atoms with E-state index < -0.39 is 10.1 Å². The van der Waals surface area contributed by atoms with Crippen molar-refractivity contribution in [3.05, 3.63) is 30.3 Å². The van der Waals surface area contributed by atoms with Gasteiger partial charge in [0.05, 0.1) is 123 Å². The number of unbranched alkanes of at least 4 members (excludes halogenated alkanes) is 1. The molecule has 0 fully saturated rings. The lowest BCUT2D eigenvalue weighted by atomic mass is 10.00. The molecule has 0 amide bonds. The minimum atomic E-state index is -3.76. The first-order valence-corrected chi connectivity index (χ1v) is 17.6. The highest BCUT2D eigenvalue weighted by Gasteiger charge is 2.17. The third-order valence-electron chi connectivity index (χ3n) is 6.31. The van der Waals surface area contributed by atoms with Crippen molar-refractivity contribution in [1.29, 1.82) is 0 Å². The van der Waals surface area contributed by atoms with Crippen LogP contribution in [0.1, 0.15) is 39.5 Å². The fourth-order valence-electron chi connectivity index (χ4n) is 3.76. The highest BCUT2D eigenvalue weighted by atomic mass is 32.2. The average Bonchev–Trinajstić information content (AvgIpc) is 3.06. The Morgan fingerprint density at radius 1 is 0.565 bits per heavy atom. The number of carbonyl (C=O) groups is 1. The van der Waals surface area contributed by atoms with E-state index in [2.05, 4.69) is 6.92 Å². The molecule has 1 unspecified atom stereocenters. The summed E-state index contributed by atoms with van der Waals surface area (Å²) in [6.45, 7) is 11.0. The van der Waals surface area contributed by atoms with Crippen LogP contribution in [-0.2, 0) is 61.7 Å². The molecule has 13 nitrogen and oxygen atoms in total. The van der Waals surface area contributed by atoms with Crippen molar-refractivity contribution in [1.82, 2.24) is 0 Å². The number of benzene rings is 1. The van der Waals surface area contributed by atoms with E-state index in [1.807, 2.05) is 6.92 Å². The molecule has 0 aliphatic heterocycles. The lowest BCUT2D eigenvalue weighted by Crippen LogP contribution is -2.20. The standard InChI is InChI=1S/C32H56O13S/c1-3-5-9-30(4-2)32(33)44-28-26-42-24-22-40-20-18-38-16-14-36-12-13-37-15-17-39-19-21-41-23-25-43-27-29-45-46(34,35)31-10-7-6-8-11-31/h6-8,10-11,30H,3-5,9,12-29H2,1-2H3. The van der Waals surface area contributed by atoms with Crippen molar-refractivity contribution < 1.29 is 60.0 Å². The number of esters is 1. The van der Waals surface area contributed by atoms with Crippen LogP contribution in [0.2, 0.25) is 0 Å². The van der Waals surface area contributed by atoms with Gasteiger partial charge in [0.1, 0.15) is 6.61 Å². The Bertz CT molecular complexity index is 918. The predicted molar refractivity (Wildman–Crippen MR) is 170 cm³/mol. The fourth-order valence-corrected chi connectivity index (χ4v) is 4.67. The van der Waals surface area contributed by atoms with Gasteiger partial charge in [-0.15, -0.1) is 0 Å². The molecular weight excluding hydrogens is 624 g/mol. The fraction of sp³-hybridized carbons (Fsp3) is 0.781. The first-order valence-electron chi connectivity index (χ1n) is 16.2. The van der Waals surface area contributed by atoms with Crippen LogP contribution >= 0.6 is 0 Å². The molecule has 0 aliphatic rings. The van der Waals surface area contributed by atoms with Gasteiger partial charge >= 0.3 is 5.97 Å². The van der Waals surface area contributed by atoms with Gasteiger partial charge in [-0.2, -0.15) is 8.42 Å². The summed E-state index contributed by atoms with van der Waals surface area (Å²) in [6, 6.07) is 7.97. The molecule has 0 heterocycles. The molecule has 0 spiro atoms. The summed E-state index contributed by atoms with van der Waals surface area (Å²) in [7, 11) is -3.76. The van der Waals surface area contributed by atoms with Gasteiger partial charge in [-0.1, -0.05) is 44.9 Å². The Kier molecular flexibility index (Phi) is 28.1. The van der Waals surface area contributed by atoms with Crippen molar-refractivity contribution in [2.45, 2.75) is 44.4 Å². The van der Waals surface area contributed by atoms with E-state index in [0.29, 0.717) is 99.1 Å². The van der Waals surface area contributed by atoms with Gasteiger partial charge in [-0.05, 0) is 25.0 Å². The molecule has 0 radical (unpaired) electrons. The van der Waals surface area contributed by atoms with E-state index in [9.17, 15) is 13.2 Å². The maximum atomic E-state index is 12.0. The lowest BCUT2D eigenvalue weighted by Gasteiger charge is -2.13. The summed E-state index contributed by atoms with van der Waals surface area (Å²) in [4.78, 5) is 12.1. The van der Waals surface area contributed by atoms with Crippen molar-refractivity contribution in [3.63, 3.8) is 0 Å². The number of carbonyl (C=O) groups excluding carboxylic acids is 1. The van der Waals surface area contributed by atoms with Crippen LogP contribution in [0.25, 0.3) is 0 Å². The maximum absolute atomic E-state index is 12.0. The van der Waals surface area contributed by atoms with Gasteiger partial charge in [0, 0.05) is 0 Å². The first kappa shape index (κ1) is 42.3. The molecule has 0 saturated heterocycles. The molecule has 0 aliphatic carbocycles. The molecule has 1 aromatic rings. The number of ether oxygens (including phenoxy) is 9. The number of hydrogen-bond donors (Lipinski definition) is 0. The topological polar surface area (TPSA) is 144 Å². The highest BCUT2D eigenvalue weighted by Crippen LogP contribution is 2.14. The van der Waals surface area contributed by atoms with Crippen molar-refractivity contribution in [3.8, 4) is 0 Å². The summed E-state index contributed by atoms with van der Waals surface area (Å²) in [5.41, 5.74) is 0. The monoisotopic (exact) mass is 680 g/mol. The Morgan fingerprint density at radius 2 is 0.935 bits per heavy atom. The SMILES string of the molecule is CCCCC(CC)C(=O)OCCOCCOCCOCCOCCOCCOCCOCCOCCOS(=O)(=O)c1ccccc1. The van der Waals surface area contributed by atoms with E-state index in [-0.39, 0.29) is 36.6 Å². The minimum absolute atomic E-state index is 0.0113. The van der Waals surface area contributed by atoms with E-state index in [4.69, 9.17) is 46.8 Å². The van der Waals surface area contributed by atoms with Gasteiger partial charge in [0.15, 0.2) is 0 Å². The summed E-state index contributed by atoms with van der Waals surface area (Å²) < 4.78 is 77.6. The molecule has 268 valence electrons. The first-order chi connectivity index (χ1) is 22.5. The molecule has 0 saturated carbocycles. The summed E-state index contributed by atoms with van der Waals surface area (Å²) in [5, 5.41) is 0. The minimum Gasteiger partial charge on any atom is -0.463 e. The number of hydrogen-bond acceptors (Lipinski definition) is 13. The van der Waals surface area contributed by atoms with Gasteiger partial charge in [-0.3, -0.25) is 8.98 Å². The number of rotatable bonds is 34. The molecule has 0 bridgehead atoms. The van der Waals surface area contributed by atoms with Crippen LogP contribution < -0.4 is 0 Å². The van der Waals surface area contributed by atoms with Gasteiger partial charge in [-0.25, -0.2) is 0 Å². The van der Waals surface area contributed by atoms with Crippen molar-refractivity contribution >= 4 is 16.1 Å². The Morgan fingerprint density at radius 3 is 1.30 bits per heavy atom. The zero-order chi connectivity index (χ0) is 33.4. The van der Waals surface area contributed by atoms with Crippen LogP contribution in [-0.4, -0.2) is 133 Å². The molecule has 1 atom stereocenters. The zero-order valence-electron chi connectivity index (χ0n) is 27.7. The summed E-state index contributed by atoms with van der Waals surface area (Å²) in [5.74, 6) is -0.140. The second-order valence-electron chi connectivity index (χ2n) is 9.90. The third-order valence-corrected chi connectivity index (χ3v) is 7.63. The highest BCUT2D eigenvalue weighted by molar-refractivity contribution is 7.86. The molecule has 0 aromatic heterocycles. The Balaban J connectivity index is 1.72. The second kappa shape index (κ2) is 30.6. The second-order valence-corrected chi connectivity index (χ2v) is 11.5. The van der Waals surface area contributed by atoms with E-state index in [0.717, 1.165) is 25.7 Å². The van der Waals surface area contributed by atoms with Crippen LogP contribution in [0, 0.1) is 5.92 Å². The van der Waals surface area contributed by atoms with Gasteiger partial charge in [0.25, 0.3) is 10.1 Å². The molecule has 1 rings (SSSR count). The molecule has 0 N–H and O–H groups in total. The Labute approximate surface area is 275 Å². The van der Waals surface area contributed by atoms with Gasteiger partial charge in [0.2, 0.25) is 0 Å². The van der Waals surface area contributed by atoms with E-state index in [1.165, 1.54) is 12.1 Å². The zero-order valence-corrected chi connectivity index (χ0v) is 28.6. The summed E-state index contributed by atoms with van der Waals surface area (Å²) >= 11 is 0. The van der Waals surface area contributed by atoms with E-state index >= 15 is 0 Å². The predicted octanol–water partition coefficient (Wildman–Crippen LogP) is 3.28. The Hall–Kier alpha value is -1.72. The normalized spacial score (nSPS) is 12.4. The molecule has 46 heavy (non-hydrogen) atoms. The largest absolute Gasteiger partial charge is 0.463 e. The van der Waals surface area contributed by atoms with Crippen LogP contribution in [0.4, 0.5) is 0 Å². The van der Waals surface area contributed by atoms with Crippen LogP contribution in [0.3, 0.4) is 0 Å². The van der Waals surface area contributed by atoms with Crippen molar-refractivity contribution in [2.24, 2.45) is 5.92 Å². The molecule has 14 heteroatoms. The van der Waals surface area contributed by atoms with Crippen LogP contribution in [0.5, 0.6) is 0 Å². The maximum Gasteiger partial charge on any atom is 0.308 e. The quantitative estimate of drug-likeness (QED) is 0.0597.